The second-order valence-corrected chi connectivity index (χ2v) is 4.27. The molecule has 0 spiro atoms. The van der Waals surface area contributed by atoms with Crippen LogP contribution in [-0.4, -0.2) is 41.4 Å². The van der Waals surface area contributed by atoms with Crippen molar-refractivity contribution in [2.45, 2.75) is 45.3 Å². The summed E-state index contributed by atoms with van der Waals surface area (Å²) in [5.74, 6) is -0.469. The Hall–Kier alpha value is -1.10. The van der Waals surface area contributed by atoms with Crippen LogP contribution in [0.2, 0.25) is 0 Å². The van der Waals surface area contributed by atoms with E-state index in [1.54, 1.807) is 11.8 Å². The van der Waals surface area contributed by atoms with Gasteiger partial charge in [0.1, 0.15) is 6.04 Å². The molecule has 5 nitrogen and oxygen atoms in total. The molecule has 1 aliphatic rings. The fraction of sp³-hybridized carbons (Fsp3) is 0.800. The van der Waals surface area contributed by atoms with Crippen LogP contribution >= 0.6 is 0 Å². The van der Waals surface area contributed by atoms with Gasteiger partial charge in [0, 0.05) is 12.6 Å². The molecule has 0 aromatic heterocycles. The number of hydrogen-bond acceptors (Lipinski definition) is 3. The smallest absolute Gasteiger partial charge is 0.240 e. The van der Waals surface area contributed by atoms with Gasteiger partial charge in [-0.15, -0.1) is 0 Å². The van der Waals surface area contributed by atoms with Crippen molar-refractivity contribution in [2.75, 3.05) is 6.54 Å². The number of nitrogens with two attached hydrogens (primary N) is 1. The van der Waals surface area contributed by atoms with Crippen molar-refractivity contribution in [1.29, 1.82) is 0 Å². The highest BCUT2D eigenvalue weighted by Crippen LogP contribution is 2.14. The summed E-state index contributed by atoms with van der Waals surface area (Å²) in [5, 5.41) is 3.17. The monoisotopic (exact) mass is 213 g/mol. The summed E-state index contributed by atoms with van der Waals surface area (Å²) in [6.07, 6.45) is 0.745. The normalized spacial score (nSPS) is 23.6. The molecular weight excluding hydrogens is 194 g/mol. The summed E-state index contributed by atoms with van der Waals surface area (Å²) in [6.45, 7) is 6.26. The summed E-state index contributed by atoms with van der Waals surface area (Å²) in [7, 11) is 0. The number of hydrogen-bond donors (Lipinski definition) is 2. The lowest BCUT2D eigenvalue weighted by molar-refractivity contribution is -0.136. The van der Waals surface area contributed by atoms with Crippen molar-refractivity contribution in [1.82, 2.24) is 10.2 Å². The Balaban J connectivity index is 2.60. The van der Waals surface area contributed by atoms with Gasteiger partial charge in [0.2, 0.25) is 11.8 Å². The molecule has 0 aromatic carbocycles. The molecule has 0 radical (unpaired) electrons. The topological polar surface area (TPSA) is 75.4 Å². The predicted octanol–water partition coefficient (Wildman–Crippen LogP) is -0.541. The molecule has 5 heteroatoms. The highest BCUT2D eigenvalue weighted by atomic mass is 16.2. The molecule has 2 atom stereocenters. The average Bonchev–Trinajstić information content (AvgIpc) is 2.46. The minimum atomic E-state index is -0.503. The molecule has 86 valence electrons. The second-order valence-electron chi connectivity index (χ2n) is 4.27. The summed E-state index contributed by atoms with van der Waals surface area (Å²) >= 11 is 0. The van der Waals surface area contributed by atoms with Crippen LogP contribution in [-0.2, 0) is 9.59 Å². The fourth-order valence-corrected chi connectivity index (χ4v) is 1.80. The first-order valence-electron chi connectivity index (χ1n) is 5.29. The zero-order chi connectivity index (χ0) is 11.6. The average molecular weight is 213 g/mol. The van der Waals surface area contributed by atoms with E-state index in [1.807, 2.05) is 13.8 Å². The maximum absolute atomic E-state index is 11.8. The molecule has 2 amide bonds. The Kier molecular flexibility index (Phi) is 3.68. The third-order valence-electron chi connectivity index (χ3n) is 2.65. The van der Waals surface area contributed by atoms with E-state index in [1.165, 1.54) is 0 Å². The number of likely N-dealkylation sites (tertiary alicyclic amines) is 1. The Bertz CT molecular complexity index is 265. The van der Waals surface area contributed by atoms with Crippen LogP contribution in [0, 0.1) is 0 Å². The van der Waals surface area contributed by atoms with Crippen molar-refractivity contribution in [3.05, 3.63) is 0 Å². The highest BCUT2D eigenvalue weighted by molar-refractivity contribution is 5.90. The van der Waals surface area contributed by atoms with E-state index in [-0.39, 0.29) is 18.0 Å². The minimum absolute atomic E-state index is 0.0185. The molecule has 0 bridgehead atoms. The van der Waals surface area contributed by atoms with Gasteiger partial charge in [0.25, 0.3) is 0 Å². The number of nitrogens with one attached hydrogen (secondary N) is 1. The summed E-state index contributed by atoms with van der Waals surface area (Å²) in [4.78, 5) is 24.4. The van der Waals surface area contributed by atoms with E-state index in [2.05, 4.69) is 5.32 Å². The van der Waals surface area contributed by atoms with Gasteiger partial charge >= 0.3 is 0 Å². The lowest BCUT2D eigenvalue weighted by atomic mass is 10.2. The molecule has 2 unspecified atom stereocenters. The van der Waals surface area contributed by atoms with Crippen molar-refractivity contribution in [3.8, 4) is 0 Å². The number of rotatable bonds is 4. The molecule has 0 aliphatic carbocycles. The minimum Gasteiger partial charge on any atom is -0.368 e. The fourth-order valence-electron chi connectivity index (χ4n) is 1.80. The van der Waals surface area contributed by atoms with Crippen molar-refractivity contribution in [2.24, 2.45) is 5.73 Å². The van der Waals surface area contributed by atoms with Gasteiger partial charge in [-0.1, -0.05) is 13.8 Å². The Morgan fingerprint density at radius 2 is 2.13 bits per heavy atom. The quantitative estimate of drug-likeness (QED) is 0.658. The van der Waals surface area contributed by atoms with Crippen molar-refractivity contribution in [3.63, 3.8) is 0 Å². The molecule has 1 rings (SSSR count). The van der Waals surface area contributed by atoms with Crippen molar-refractivity contribution >= 4 is 11.8 Å². The first kappa shape index (κ1) is 12.0. The molecule has 1 aliphatic heterocycles. The molecular formula is C10H19N3O2. The van der Waals surface area contributed by atoms with E-state index in [0.717, 1.165) is 6.42 Å². The number of amides is 2. The van der Waals surface area contributed by atoms with Crippen LogP contribution in [0.3, 0.4) is 0 Å². The molecule has 0 saturated carbocycles. The summed E-state index contributed by atoms with van der Waals surface area (Å²) in [5.41, 5.74) is 5.17. The summed E-state index contributed by atoms with van der Waals surface area (Å²) in [6, 6.07) is -0.397. The third-order valence-corrected chi connectivity index (χ3v) is 2.65. The Morgan fingerprint density at radius 3 is 2.60 bits per heavy atom. The largest absolute Gasteiger partial charge is 0.368 e. The van der Waals surface area contributed by atoms with Crippen LogP contribution in [0.1, 0.15) is 27.2 Å². The molecule has 15 heavy (non-hydrogen) atoms. The molecule has 3 N–H and O–H groups in total. The lowest BCUT2D eigenvalue weighted by Gasteiger charge is -2.22. The van der Waals surface area contributed by atoms with Crippen LogP contribution < -0.4 is 11.1 Å². The summed E-state index contributed by atoms with van der Waals surface area (Å²) < 4.78 is 0. The van der Waals surface area contributed by atoms with E-state index in [0.29, 0.717) is 6.54 Å². The van der Waals surface area contributed by atoms with Gasteiger partial charge in [-0.3, -0.25) is 9.59 Å². The van der Waals surface area contributed by atoms with Crippen LogP contribution in [0.15, 0.2) is 0 Å². The van der Waals surface area contributed by atoms with Gasteiger partial charge in [-0.25, -0.2) is 0 Å². The first-order chi connectivity index (χ1) is 6.93. The van der Waals surface area contributed by atoms with Crippen LogP contribution in [0.5, 0.6) is 0 Å². The van der Waals surface area contributed by atoms with E-state index < -0.39 is 11.9 Å². The van der Waals surface area contributed by atoms with Gasteiger partial charge in [0.05, 0.1) is 6.04 Å². The van der Waals surface area contributed by atoms with Gasteiger partial charge in [0.15, 0.2) is 0 Å². The highest BCUT2D eigenvalue weighted by Gasteiger charge is 2.35. The zero-order valence-electron chi connectivity index (χ0n) is 9.49. The molecule has 0 aromatic rings. The Morgan fingerprint density at radius 1 is 1.53 bits per heavy atom. The van der Waals surface area contributed by atoms with Gasteiger partial charge in [-0.2, -0.15) is 0 Å². The van der Waals surface area contributed by atoms with Crippen LogP contribution in [0.4, 0.5) is 0 Å². The Labute approximate surface area is 90.0 Å². The van der Waals surface area contributed by atoms with Gasteiger partial charge < -0.3 is 16.0 Å². The predicted molar refractivity (Wildman–Crippen MR) is 57.0 cm³/mol. The number of carbonyl (C=O) groups excluding carboxylic acids is 2. The number of nitrogens with zero attached hydrogens (tertiary/aromatic N) is 1. The van der Waals surface area contributed by atoms with E-state index in [9.17, 15) is 9.59 Å². The van der Waals surface area contributed by atoms with Crippen LogP contribution in [0.25, 0.3) is 0 Å². The molecule has 1 heterocycles. The maximum atomic E-state index is 11.8. The second kappa shape index (κ2) is 4.61. The number of primary amides is 1. The first-order valence-corrected chi connectivity index (χ1v) is 5.29. The standard InChI is InChI=1S/C10H19N3O2/c1-6(2)12-8-4-5-13(10(8)15)7(3)9(11)14/h6-8,12H,4-5H2,1-3H3,(H2,11,14). The maximum Gasteiger partial charge on any atom is 0.240 e. The van der Waals surface area contributed by atoms with Crippen molar-refractivity contribution < 1.29 is 9.59 Å². The zero-order valence-corrected chi connectivity index (χ0v) is 9.49. The lowest BCUT2D eigenvalue weighted by Crippen LogP contribution is -2.47. The van der Waals surface area contributed by atoms with Gasteiger partial charge in [-0.05, 0) is 13.3 Å². The SMILES string of the molecule is CC(C)NC1CCN(C(C)C(N)=O)C1=O. The number of carbonyl (C=O) groups is 2. The van der Waals surface area contributed by atoms with E-state index in [4.69, 9.17) is 5.73 Å². The molecule has 1 fully saturated rings. The van der Waals surface area contributed by atoms with E-state index >= 15 is 0 Å². The third kappa shape index (κ3) is 2.68. The molecule has 1 saturated heterocycles.